The second kappa shape index (κ2) is 18.1. The van der Waals surface area contributed by atoms with Crippen molar-refractivity contribution in [3.8, 4) is 0 Å². The first-order valence-corrected chi connectivity index (χ1v) is 26.1. The monoisotopic (exact) mass is 971 g/mol. The summed E-state index contributed by atoms with van der Waals surface area (Å²) in [6.45, 7) is 9.74. The highest BCUT2D eigenvalue weighted by atomic mass is 16.7. The van der Waals surface area contributed by atoms with Gasteiger partial charge in [0, 0.05) is 41.3 Å². The molecule has 6 aliphatic carbocycles. The molecule has 1 amide bonds. The summed E-state index contributed by atoms with van der Waals surface area (Å²) in [5.74, 6) is -4.17. The summed E-state index contributed by atoms with van der Waals surface area (Å²) >= 11 is 0. The number of aliphatic hydroxyl groups excluding tert-OH is 8. The van der Waals surface area contributed by atoms with E-state index in [9.17, 15) is 55.5 Å². The highest BCUT2D eigenvalue weighted by Crippen LogP contribution is 2.86. The van der Waals surface area contributed by atoms with Crippen LogP contribution in [0.3, 0.4) is 0 Å². The van der Waals surface area contributed by atoms with Crippen molar-refractivity contribution >= 4 is 11.9 Å². The molecule has 1 spiro atoms. The topological polar surface area (TPSA) is 301 Å². The van der Waals surface area contributed by atoms with Gasteiger partial charge in [-0.15, -0.1) is 0 Å². The van der Waals surface area contributed by atoms with E-state index < -0.39 is 130 Å². The standard InChI is InChI=1S/C52H82N4O13/c1-6-27-19-50(45(66)67)17-16-46(2,24-58)20-33(50)31-10-15-51-12-7-13-52(27,31)48(51,4)14-11-36-47(3,25-59)42(69-44-41(64)40(63)35(60)23-68-44)39(62)32(49(36,51)5)18-29-30(22-57)43(65)56-38(29)28(8-9-37(53)61)34-21-54-26-55-34/h10,21,26-30,32-33,35-42,44,57-64H,6-9,11-20,22-25,53H2,1-5H3,(H,54,55)(H,56,65)(H,66,67). The van der Waals surface area contributed by atoms with Crippen LogP contribution in [0.25, 0.3) is 0 Å². The summed E-state index contributed by atoms with van der Waals surface area (Å²) < 4.78 is 12.6. The van der Waals surface area contributed by atoms with E-state index in [2.05, 4.69) is 49.1 Å². The van der Waals surface area contributed by atoms with E-state index in [1.54, 1.807) is 12.5 Å². The third-order valence-electron chi connectivity index (χ3n) is 22.1. The summed E-state index contributed by atoms with van der Waals surface area (Å²) in [6, 6.07) is -0.587. The molecular formula is C52H82N4O13. The maximum atomic E-state index is 14.2. The maximum absolute atomic E-state index is 14.2. The molecule has 9 rings (SSSR count). The lowest BCUT2D eigenvalue weighted by Crippen LogP contribution is -2.78. The van der Waals surface area contributed by atoms with Crippen molar-refractivity contribution in [2.75, 3.05) is 26.4 Å². The number of carbonyl (C=O) groups excluding carboxylic acids is 1. The molecule has 388 valence electrons. The van der Waals surface area contributed by atoms with Gasteiger partial charge in [0.1, 0.15) is 24.5 Å². The van der Waals surface area contributed by atoms with Crippen molar-refractivity contribution in [3.63, 3.8) is 0 Å². The van der Waals surface area contributed by atoms with Gasteiger partial charge in [0.15, 0.2) is 6.29 Å². The van der Waals surface area contributed by atoms with Gasteiger partial charge in [0.05, 0.1) is 49.7 Å². The number of ether oxygens (including phenoxy) is 2. The molecule has 22 atom stereocenters. The zero-order chi connectivity index (χ0) is 49.9. The molecule has 7 fully saturated rings. The van der Waals surface area contributed by atoms with Gasteiger partial charge >= 0.3 is 5.97 Å². The molecule has 8 aliphatic rings. The van der Waals surface area contributed by atoms with Gasteiger partial charge < -0.3 is 71.5 Å². The molecule has 3 heterocycles. The molecule has 2 aliphatic heterocycles. The van der Waals surface area contributed by atoms with Gasteiger partial charge in [-0.2, -0.15) is 0 Å². The first-order chi connectivity index (χ1) is 32.6. The number of hydrogen-bond donors (Lipinski definition) is 12. The van der Waals surface area contributed by atoms with E-state index in [1.807, 2.05) is 6.92 Å². The van der Waals surface area contributed by atoms with Crippen molar-refractivity contribution in [1.29, 1.82) is 0 Å². The highest BCUT2D eigenvalue weighted by Gasteiger charge is 2.81. The molecule has 13 N–H and O–H groups in total. The van der Waals surface area contributed by atoms with Crippen LogP contribution in [0.1, 0.15) is 136 Å². The number of carboxylic acid groups (broad SMARTS) is 1. The van der Waals surface area contributed by atoms with Gasteiger partial charge in [0.2, 0.25) is 5.91 Å². The molecule has 69 heavy (non-hydrogen) atoms. The quantitative estimate of drug-likeness (QED) is 0.0725. The van der Waals surface area contributed by atoms with Crippen LogP contribution in [0, 0.1) is 73.4 Å². The van der Waals surface area contributed by atoms with Crippen molar-refractivity contribution in [2.45, 2.75) is 180 Å². The van der Waals surface area contributed by atoms with Crippen molar-refractivity contribution in [3.05, 3.63) is 29.9 Å². The maximum Gasteiger partial charge on any atom is 0.310 e. The zero-order valence-electron chi connectivity index (χ0n) is 41.3. The summed E-state index contributed by atoms with van der Waals surface area (Å²) in [5.41, 5.74) is 3.13. The zero-order valence-corrected chi connectivity index (χ0v) is 41.3. The summed E-state index contributed by atoms with van der Waals surface area (Å²) in [5, 5.41) is 105. The number of fused-ring (bicyclic) bond motifs is 3. The SMILES string of the molecule is CCC1CC2(C(=O)O)CCC(C)(CO)CC2C2=CCC34CCCC21C3(C)CCC1C(C)(CO)C(OC2OCC(O)C(O)C2O)C(O)C(CC2C(CO)C(=O)NC2C(CCC(N)O)c2cnc[nH]2)C14C. The number of hydrogen-bond acceptors (Lipinski definition) is 14. The number of aromatic amines is 1. The Kier molecular flexibility index (Phi) is 13.5. The fourth-order valence-corrected chi connectivity index (χ4v) is 18.6. The predicted octanol–water partition coefficient (Wildman–Crippen LogP) is 2.69. The molecule has 0 aromatic carbocycles. The van der Waals surface area contributed by atoms with Crippen LogP contribution in [-0.2, 0) is 19.1 Å². The molecule has 22 unspecified atom stereocenters. The minimum atomic E-state index is -1.67. The van der Waals surface area contributed by atoms with E-state index in [-0.39, 0.29) is 49.7 Å². The van der Waals surface area contributed by atoms with E-state index in [0.29, 0.717) is 44.9 Å². The number of aromatic nitrogens is 2. The number of allylic oxidation sites excluding steroid dienone is 2. The average Bonchev–Trinajstić information content (AvgIpc) is 3.96. The lowest BCUT2D eigenvalue weighted by Gasteiger charge is -2.81. The molecule has 17 heteroatoms. The lowest BCUT2D eigenvalue weighted by atomic mass is 9.23. The van der Waals surface area contributed by atoms with Crippen molar-refractivity contribution in [1.82, 2.24) is 15.3 Å². The minimum Gasteiger partial charge on any atom is -0.481 e. The molecule has 2 bridgehead atoms. The number of amides is 1. The van der Waals surface area contributed by atoms with Crippen molar-refractivity contribution < 1.29 is 65.0 Å². The number of nitrogens with two attached hydrogens (primary N) is 1. The second-order valence-electron chi connectivity index (χ2n) is 24.5. The molecule has 0 radical (unpaired) electrons. The Bertz CT molecular complexity index is 2090. The molecule has 17 nitrogen and oxygen atoms in total. The predicted molar refractivity (Wildman–Crippen MR) is 250 cm³/mol. The molecule has 5 saturated carbocycles. The Hall–Kier alpha value is -2.55. The van der Waals surface area contributed by atoms with E-state index in [1.165, 1.54) is 5.57 Å². The first kappa shape index (κ1) is 51.4. The fourth-order valence-electron chi connectivity index (χ4n) is 18.6. The van der Waals surface area contributed by atoms with Gasteiger partial charge in [-0.25, -0.2) is 4.98 Å². The number of aliphatic carboxylic acids is 1. The van der Waals surface area contributed by atoms with E-state index >= 15 is 0 Å². The molecular weight excluding hydrogens is 889 g/mol. The number of nitrogens with one attached hydrogen (secondary N) is 2. The van der Waals surface area contributed by atoms with Crippen LogP contribution in [0.5, 0.6) is 0 Å². The van der Waals surface area contributed by atoms with Crippen LogP contribution in [0.4, 0.5) is 0 Å². The number of aliphatic hydroxyl groups is 8. The number of carboxylic acids is 1. The Morgan fingerprint density at radius 2 is 1.74 bits per heavy atom. The smallest absolute Gasteiger partial charge is 0.310 e. The lowest BCUT2D eigenvalue weighted by molar-refractivity contribution is -0.361. The average molecular weight is 971 g/mol. The minimum absolute atomic E-state index is 0.0228. The third-order valence-corrected chi connectivity index (χ3v) is 22.1. The molecule has 2 saturated heterocycles. The van der Waals surface area contributed by atoms with Gasteiger partial charge in [0.25, 0.3) is 0 Å². The van der Waals surface area contributed by atoms with Crippen LogP contribution >= 0.6 is 0 Å². The number of H-pyrrole nitrogens is 1. The number of nitrogens with zero attached hydrogens (tertiary/aromatic N) is 1. The fraction of sp³-hybridized carbons (Fsp3) is 0.865. The molecule has 1 aromatic rings. The summed E-state index contributed by atoms with van der Waals surface area (Å²) in [4.78, 5) is 35.5. The number of rotatable bonds is 14. The van der Waals surface area contributed by atoms with E-state index in [0.717, 1.165) is 37.8 Å². The van der Waals surface area contributed by atoms with Crippen LogP contribution in [-0.4, -0.2) is 143 Å². The number of carbonyl (C=O) groups is 2. The van der Waals surface area contributed by atoms with Crippen LogP contribution in [0.2, 0.25) is 0 Å². The van der Waals surface area contributed by atoms with Gasteiger partial charge in [-0.05, 0) is 128 Å². The van der Waals surface area contributed by atoms with Crippen molar-refractivity contribution in [2.24, 2.45) is 79.1 Å². The van der Waals surface area contributed by atoms with Gasteiger partial charge in [-0.3, -0.25) is 9.59 Å². The largest absolute Gasteiger partial charge is 0.481 e. The Labute approximate surface area is 406 Å². The van der Waals surface area contributed by atoms with Gasteiger partial charge in [-0.1, -0.05) is 59.1 Å². The second-order valence-corrected chi connectivity index (χ2v) is 24.5. The highest BCUT2D eigenvalue weighted by molar-refractivity contribution is 5.82. The van der Waals surface area contributed by atoms with Crippen LogP contribution < -0.4 is 11.1 Å². The number of imidazole rings is 1. The Morgan fingerprint density at radius 3 is 2.38 bits per heavy atom. The Balaban J connectivity index is 1.23. The van der Waals surface area contributed by atoms with Crippen LogP contribution in [0.15, 0.2) is 24.2 Å². The normalized spacial score (nSPS) is 50.1. The third kappa shape index (κ3) is 7.11. The molecule has 1 aromatic heterocycles. The summed E-state index contributed by atoms with van der Waals surface area (Å²) in [6.07, 6.45) is 4.27. The summed E-state index contributed by atoms with van der Waals surface area (Å²) in [7, 11) is 0. The first-order valence-electron chi connectivity index (χ1n) is 26.1. The van der Waals surface area contributed by atoms with E-state index in [4.69, 9.17) is 15.2 Å². The Morgan fingerprint density at radius 1 is 0.986 bits per heavy atom.